The Hall–Kier alpha value is -1.09. The van der Waals surface area contributed by atoms with Crippen molar-refractivity contribution in [2.45, 2.75) is 34.6 Å². The average Bonchev–Trinajstić information content (AvgIpc) is 2.32. The third kappa shape index (κ3) is 6.40. The molecule has 4 heteroatoms. The van der Waals surface area contributed by atoms with Crippen LogP contribution in [-0.2, 0) is 4.74 Å². The lowest BCUT2D eigenvalue weighted by Crippen LogP contribution is -2.02. The second-order valence-electron chi connectivity index (χ2n) is 2.31. The Bertz CT molecular complexity index is 294. The topological polar surface area (TPSA) is 39.2 Å². The zero-order chi connectivity index (χ0) is 13.1. The van der Waals surface area contributed by atoms with Crippen LogP contribution < -0.4 is 0 Å². The predicted molar refractivity (Wildman–Crippen MR) is 68.0 cm³/mol. The van der Waals surface area contributed by atoms with Crippen LogP contribution in [0.1, 0.15) is 43.7 Å². The first-order valence-electron chi connectivity index (χ1n) is 5.36. The molecule has 1 heterocycles. The maximum absolute atomic E-state index is 11.0. The van der Waals surface area contributed by atoms with Crippen molar-refractivity contribution >= 4 is 17.6 Å². The van der Waals surface area contributed by atoms with Gasteiger partial charge in [0.2, 0.25) is 0 Å². The normalized spacial score (nSPS) is 7.94. The monoisotopic (exact) mass is 245 g/mol. The number of pyridine rings is 1. The van der Waals surface area contributed by atoms with Gasteiger partial charge in [-0.3, -0.25) is 0 Å². The van der Waals surface area contributed by atoms with Crippen LogP contribution in [0, 0.1) is 6.92 Å². The van der Waals surface area contributed by atoms with Gasteiger partial charge in [-0.25, -0.2) is 9.78 Å². The molecule has 0 saturated carbocycles. The van der Waals surface area contributed by atoms with Crippen molar-refractivity contribution in [2.24, 2.45) is 0 Å². The summed E-state index contributed by atoms with van der Waals surface area (Å²) >= 11 is 5.63. The molecule has 0 aliphatic heterocycles. The molecule has 1 aromatic heterocycles. The van der Waals surface area contributed by atoms with Crippen molar-refractivity contribution < 1.29 is 9.53 Å². The second kappa shape index (κ2) is 10.4. The molecule has 0 amide bonds. The van der Waals surface area contributed by atoms with E-state index in [1.54, 1.807) is 13.0 Å². The summed E-state index contributed by atoms with van der Waals surface area (Å²) in [6.07, 6.45) is 0. The molecule has 0 fully saturated rings. The molecule has 16 heavy (non-hydrogen) atoms. The number of methoxy groups -OCH3 is 1. The number of ether oxygens (including phenoxy) is 1. The molecular formula is C12H20ClNO2. The lowest BCUT2D eigenvalue weighted by molar-refractivity contribution is 0.0600. The molecule has 0 atom stereocenters. The van der Waals surface area contributed by atoms with Gasteiger partial charge < -0.3 is 4.74 Å². The largest absolute Gasteiger partial charge is 0.465 e. The minimum absolute atomic E-state index is 0.301. The van der Waals surface area contributed by atoms with E-state index in [1.165, 1.54) is 13.2 Å². The summed E-state index contributed by atoms with van der Waals surface area (Å²) in [7, 11) is 1.33. The fourth-order valence-corrected chi connectivity index (χ4v) is 1.11. The third-order valence-electron chi connectivity index (χ3n) is 1.34. The van der Waals surface area contributed by atoms with Gasteiger partial charge in [-0.1, -0.05) is 39.3 Å². The van der Waals surface area contributed by atoms with E-state index in [9.17, 15) is 4.79 Å². The number of hydrogen-bond donors (Lipinski definition) is 0. The molecule has 1 rings (SSSR count). The first kappa shape index (κ1) is 17.3. The van der Waals surface area contributed by atoms with Crippen molar-refractivity contribution in [1.29, 1.82) is 0 Å². The van der Waals surface area contributed by atoms with Crippen LogP contribution in [0.3, 0.4) is 0 Å². The Labute approximate surface area is 103 Å². The summed E-state index contributed by atoms with van der Waals surface area (Å²) in [6, 6.07) is 3.10. The first-order valence-corrected chi connectivity index (χ1v) is 5.74. The van der Waals surface area contributed by atoms with E-state index in [1.807, 2.05) is 27.7 Å². The SMILES string of the molecule is CC.CC.COC(=O)c1cc(C)nc(Cl)c1. The number of halogens is 1. The molecule has 0 saturated heterocycles. The minimum Gasteiger partial charge on any atom is -0.465 e. The van der Waals surface area contributed by atoms with Gasteiger partial charge in [0.05, 0.1) is 12.7 Å². The summed E-state index contributed by atoms with van der Waals surface area (Å²) in [6.45, 7) is 9.76. The van der Waals surface area contributed by atoms with E-state index >= 15 is 0 Å². The van der Waals surface area contributed by atoms with Crippen LogP contribution in [0.4, 0.5) is 0 Å². The van der Waals surface area contributed by atoms with Crippen LogP contribution in [0.2, 0.25) is 5.15 Å². The van der Waals surface area contributed by atoms with Crippen molar-refractivity contribution in [1.82, 2.24) is 4.98 Å². The molecular weight excluding hydrogens is 226 g/mol. The zero-order valence-corrected chi connectivity index (χ0v) is 11.6. The molecule has 92 valence electrons. The van der Waals surface area contributed by atoms with Crippen molar-refractivity contribution in [3.05, 3.63) is 28.5 Å². The molecule has 0 radical (unpaired) electrons. The highest BCUT2D eigenvalue weighted by atomic mass is 35.5. The minimum atomic E-state index is -0.401. The molecule has 0 spiro atoms. The lowest BCUT2D eigenvalue weighted by atomic mass is 10.2. The Balaban J connectivity index is 0. The predicted octanol–water partition coefficient (Wildman–Crippen LogP) is 3.88. The van der Waals surface area contributed by atoms with E-state index in [2.05, 4.69) is 9.72 Å². The Morgan fingerprint density at radius 2 is 1.75 bits per heavy atom. The number of carbonyl (C=O) groups excluding carboxylic acids is 1. The van der Waals surface area contributed by atoms with Gasteiger partial charge in [-0.2, -0.15) is 0 Å². The van der Waals surface area contributed by atoms with E-state index in [4.69, 9.17) is 11.6 Å². The quantitative estimate of drug-likeness (QED) is 0.557. The summed E-state index contributed by atoms with van der Waals surface area (Å²) < 4.78 is 4.52. The molecule has 0 N–H and O–H groups in total. The Morgan fingerprint density at radius 3 is 2.12 bits per heavy atom. The van der Waals surface area contributed by atoms with Gasteiger partial charge >= 0.3 is 5.97 Å². The van der Waals surface area contributed by atoms with Crippen LogP contribution in [0.25, 0.3) is 0 Å². The number of aryl methyl sites for hydroxylation is 1. The van der Waals surface area contributed by atoms with Crippen molar-refractivity contribution in [3.63, 3.8) is 0 Å². The number of carbonyl (C=O) groups is 1. The molecule has 0 bridgehead atoms. The zero-order valence-electron chi connectivity index (χ0n) is 10.8. The van der Waals surface area contributed by atoms with E-state index in [0.29, 0.717) is 16.4 Å². The van der Waals surface area contributed by atoms with Gasteiger partial charge in [0.1, 0.15) is 5.15 Å². The summed E-state index contributed by atoms with van der Waals surface area (Å²) in [5, 5.41) is 0.301. The number of aromatic nitrogens is 1. The maximum atomic E-state index is 11.0. The van der Waals surface area contributed by atoms with E-state index < -0.39 is 5.97 Å². The summed E-state index contributed by atoms with van der Waals surface area (Å²) in [5.74, 6) is -0.401. The highest BCUT2D eigenvalue weighted by Gasteiger charge is 2.06. The first-order chi connectivity index (χ1) is 7.63. The van der Waals surface area contributed by atoms with Crippen LogP contribution in [0.5, 0.6) is 0 Å². The lowest BCUT2D eigenvalue weighted by Gasteiger charge is -2.00. The summed E-state index contributed by atoms with van der Waals surface area (Å²) in [4.78, 5) is 14.9. The molecule has 0 aliphatic carbocycles. The standard InChI is InChI=1S/C8H8ClNO2.2C2H6/c1-5-3-6(8(11)12-2)4-7(9)10-5;2*1-2/h3-4H,1-2H3;2*1-2H3. The van der Waals surface area contributed by atoms with Gasteiger partial charge in [0.15, 0.2) is 0 Å². The van der Waals surface area contributed by atoms with Gasteiger partial charge in [0.25, 0.3) is 0 Å². The van der Waals surface area contributed by atoms with Gasteiger partial charge in [-0.15, -0.1) is 0 Å². The molecule has 3 nitrogen and oxygen atoms in total. The smallest absolute Gasteiger partial charge is 0.338 e. The number of esters is 1. The fourth-order valence-electron chi connectivity index (χ4n) is 0.864. The van der Waals surface area contributed by atoms with Gasteiger partial charge in [-0.05, 0) is 19.1 Å². The Kier molecular flexibility index (Phi) is 11.3. The molecule has 0 unspecified atom stereocenters. The number of rotatable bonds is 1. The van der Waals surface area contributed by atoms with Crippen LogP contribution >= 0.6 is 11.6 Å². The highest BCUT2D eigenvalue weighted by molar-refractivity contribution is 6.29. The van der Waals surface area contributed by atoms with E-state index in [0.717, 1.165) is 0 Å². The second-order valence-corrected chi connectivity index (χ2v) is 2.70. The summed E-state index contributed by atoms with van der Waals surface area (Å²) in [5.41, 5.74) is 1.12. The maximum Gasteiger partial charge on any atom is 0.338 e. The van der Waals surface area contributed by atoms with Gasteiger partial charge in [0, 0.05) is 5.69 Å². The Morgan fingerprint density at radius 1 is 1.25 bits per heavy atom. The third-order valence-corrected chi connectivity index (χ3v) is 1.54. The average molecular weight is 246 g/mol. The van der Waals surface area contributed by atoms with Crippen LogP contribution in [0.15, 0.2) is 12.1 Å². The highest BCUT2D eigenvalue weighted by Crippen LogP contribution is 2.10. The number of nitrogens with zero attached hydrogens (tertiary/aromatic N) is 1. The molecule has 0 aliphatic rings. The fraction of sp³-hybridized carbons (Fsp3) is 0.500. The van der Waals surface area contributed by atoms with E-state index in [-0.39, 0.29) is 0 Å². The van der Waals surface area contributed by atoms with Crippen LogP contribution in [-0.4, -0.2) is 18.1 Å². The molecule has 0 aromatic carbocycles. The van der Waals surface area contributed by atoms with Crippen molar-refractivity contribution in [3.8, 4) is 0 Å². The molecule has 1 aromatic rings. The van der Waals surface area contributed by atoms with Crippen molar-refractivity contribution in [2.75, 3.05) is 7.11 Å². The number of hydrogen-bond acceptors (Lipinski definition) is 3.